The summed E-state index contributed by atoms with van der Waals surface area (Å²) in [6.45, 7) is -1.16. The molecule has 0 radical (unpaired) electrons. The lowest BCUT2D eigenvalue weighted by Crippen LogP contribution is -2.58. The van der Waals surface area contributed by atoms with Crippen LogP contribution in [0.5, 0.6) is 5.75 Å². The second-order valence-corrected chi connectivity index (χ2v) is 14.5. The number of nitrogens with two attached hydrogens (primary N) is 10. The number of aliphatic hydroxyl groups excluding tert-OH is 1. The molecular formula is C35H46N24O16. The summed E-state index contributed by atoms with van der Waals surface area (Å²) in [4.78, 5) is 132. The number of phenolic OH excluding ortho intramolecular Hbond substituents is 1. The molecule has 0 fully saturated rings. The molecule has 0 aliphatic heterocycles. The smallest absolute Gasteiger partial charge is 0.299 e. The predicted molar refractivity (Wildman–Crippen MR) is 256 cm³/mol. The number of primary amides is 1. The summed E-state index contributed by atoms with van der Waals surface area (Å²) >= 11 is 0. The van der Waals surface area contributed by atoms with E-state index in [1.807, 2.05) is 16.0 Å². The van der Waals surface area contributed by atoms with Crippen LogP contribution in [0.2, 0.25) is 0 Å². The van der Waals surface area contributed by atoms with Gasteiger partial charge in [-0.3, -0.25) is 59.1 Å². The summed E-state index contributed by atoms with van der Waals surface area (Å²) in [6, 6.07) is 6.70. The Morgan fingerprint density at radius 2 is 1.07 bits per heavy atom. The number of amides is 6. The molecule has 40 heteroatoms. The van der Waals surface area contributed by atoms with Gasteiger partial charge in [-0.2, -0.15) is 0 Å². The number of hydrogen-bond donors (Lipinski definition) is 19. The van der Waals surface area contributed by atoms with Gasteiger partial charge in [0.15, 0.2) is 23.8 Å². The van der Waals surface area contributed by atoms with Crippen LogP contribution in [-0.4, -0.2) is 120 Å². The number of carbonyl (C=O) groups excluding carboxylic acids is 6. The van der Waals surface area contributed by atoms with Crippen LogP contribution in [0.15, 0.2) is 74.6 Å². The minimum absolute atomic E-state index is 0.159. The van der Waals surface area contributed by atoms with Crippen LogP contribution in [0.4, 0.5) is 34.1 Å². The molecule has 6 unspecified atom stereocenters. The average molecular weight is 1060 g/mol. The van der Waals surface area contributed by atoms with Crippen molar-refractivity contribution >= 4 is 93.4 Å². The molecule has 6 amide bonds. The van der Waals surface area contributed by atoms with E-state index in [-0.39, 0.29) is 5.56 Å². The molecule has 0 spiro atoms. The monoisotopic (exact) mass is 1060 g/mol. The maximum absolute atomic E-state index is 14.2. The number of anilines is 3. The van der Waals surface area contributed by atoms with Crippen molar-refractivity contribution in [2.45, 2.75) is 43.5 Å². The van der Waals surface area contributed by atoms with E-state index in [9.17, 15) is 69.3 Å². The number of nitro benzene ring substituents is 3. The zero-order chi connectivity index (χ0) is 56.6. The fourth-order valence-corrected chi connectivity index (χ4v) is 6.03. The Hall–Kier alpha value is -11.2. The molecule has 3 aromatic rings. The van der Waals surface area contributed by atoms with Gasteiger partial charge in [0.1, 0.15) is 28.9 Å². The molecule has 0 aliphatic rings. The molecule has 29 N–H and O–H groups in total. The van der Waals surface area contributed by atoms with Crippen LogP contribution in [0.3, 0.4) is 0 Å². The standard InChI is InChI=1S/C35H46N24O16/c36-14-8-17(18(59(72)73)9-16(14)58(70)71)56(10-12-6-13(57(68)69)7-15(20(12)60)55-75-74)31(67)30(66)46-19(11-4-2-1-3-5-11)26(62)48-23(52-33(40)41)28(64)50-25(54-35(44)45)29(65)49-24(53-34(42)43)27(63)47-22(21(37)61)51-32(38)39/h1-9,19,22-25,31,55,60,67,74H,10,36H2,(H2,37,61)(H,46,66)(H,47,63)(H,48,62)(H,49,65)(H,50,64)(H4,38,39,51)(H4,40,41,52)(H4,42,43,53)(H4,44,45,54). The number of benzene rings is 3. The Bertz CT molecular complexity index is 2830. The first kappa shape index (κ1) is 58.2. The molecule has 0 heterocycles. The van der Waals surface area contributed by atoms with Crippen molar-refractivity contribution in [3.63, 3.8) is 0 Å². The maximum atomic E-state index is 14.2. The van der Waals surface area contributed by atoms with E-state index in [2.05, 4.69) is 35.6 Å². The molecular weight excluding hydrogens is 1010 g/mol. The Balaban J connectivity index is 2.12. The fraction of sp³-hybridized carbons (Fsp3) is 0.200. The number of hydrogen-bond acceptors (Lipinski definition) is 23. The van der Waals surface area contributed by atoms with E-state index >= 15 is 0 Å². The first-order valence-corrected chi connectivity index (χ1v) is 20.0. The maximum Gasteiger partial charge on any atom is 0.299 e. The number of guanidine groups is 4. The second-order valence-electron chi connectivity index (χ2n) is 14.5. The number of rotatable bonds is 25. The van der Waals surface area contributed by atoms with E-state index in [0.717, 1.165) is 0 Å². The summed E-state index contributed by atoms with van der Waals surface area (Å²) in [5, 5.41) is 77.7. The van der Waals surface area contributed by atoms with Crippen LogP contribution in [0.1, 0.15) is 17.2 Å². The van der Waals surface area contributed by atoms with Gasteiger partial charge in [-0.05, 0) is 11.6 Å². The van der Waals surface area contributed by atoms with Crippen molar-refractivity contribution in [3.8, 4) is 5.75 Å². The van der Waals surface area contributed by atoms with Crippen molar-refractivity contribution in [1.82, 2.24) is 26.6 Å². The lowest BCUT2D eigenvalue weighted by Gasteiger charge is -2.31. The molecule has 0 aliphatic carbocycles. The zero-order valence-corrected chi connectivity index (χ0v) is 37.9. The SMILES string of the molecule is NC(=O)C(N=C(N)N)NC(=O)C(N=C(N)N)NC(=O)C(N=C(N)N)NC(=O)C(N=C(N)N)NC(=O)C(NC(=O)C(O)N(Cc1cc([N+](=O)[O-])cc(NOO)c1O)c1cc(N)c([N+](=O)[O-])cc1[N+](=O)[O-])c1ccccc1. The van der Waals surface area contributed by atoms with Crippen molar-refractivity contribution < 1.29 is 64.0 Å². The van der Waals surface area contributed by atoms with Gasteiger partial charge >= 0.3 is 0 Å². The third-order valence-electron chi connectivity index (χ3n) is 9.16. The Morgan fingerprint density at radius 1 is 0.613 bits per heavy atom. The van der Waals surface area contributed by atoms with Crippen molar-refractivity contribution in [1.29, 1.82) is 0 Å². The molecule has 75 heavy (non-hydrogen) atoms. The number of carbonyl (C=O) groups is 6. The lowest BCUT2D eigenvalue weighted by atomic mass is 10.1. The van der Waals surface area contributed by atoms with Crippen molar-refractivity contribution in [3.05, 3.63) is 96.1 Å². The van der Waals surface area contributed by atoms with Crippen LogP contribution >= 0.6 is 0 Å². The number of aromatic hydroxyl groups is 1. The van der Waals surface area contributed by atoms with Gasteiger partial charge in [-0.25, -0.2) is 30.7 Å². The molecule has 6 atom stereocenters. The fourth-order valence-electron chi connectivity index (χ4n) is 6.03. The molecule has 3 rings (SSSR count). The Kier molecular flexibility index (Phi) is 19.9. The number of nitrogens with zero attached hydrogens (tertiary/aromatic N) is 8. The second kappa shape index (κ2) is 25.6. The normalized spacial score (nSPS) is 12.9. The topological polar surface area (TPSA) is 687 Å². The Labute approximate surface area is 416 Å². The summed E-state index contributed by atoms with van der Waals surface area (Å²) in [6.07, 6.45) is -11.6. The molecule has 0 saturated heterocycles. The van der Waals surface area contributed by atoms with E-state index in [1.54, 1.807) is 5.48 Å². The van der Waals surface area contributed by atoms with E-state index in [0.29, 0.717) is 29.2 Å². The van der Waals surface area contributed by atoms with Gasteiger partial charge in [0.25, 0.3) is 46.6 Å². The molecule has 3 aromatic carbocycles. The van der Waals surface area contributed by atoms with Crippen molar-refractivity contribution in [2.75, 3.05) is 16.1 Å². The summed E-state index contributed by atoms with van der Waals surface area (Å²) in [7, 11) is 0. The average Bonchev–Trinajstić information content (AvgIpc) is 3.31. The summed E-state index contributed by atoms with van der Waals surface area (Å²) in [5.74, 6) is -13.3. The molecule has 0 bridgehead atoms. The van der Waals surface area contributed by atoms with Crippen LogP contribution in [0, 0.1) is 30.3 Å². The molecule has 40 nitrogen and oxygen atoms in total. The largest absolute Gasteiger partial charge is 0.505 e. The third kappa shape index (κ3) is 16.2. The van der Waals surface area contributed by atoms with Crippen LogP contribution in [0.25, 0.3) is 0 Å². The van der Waals surface area contributed by atoms with Gasteiger partial charge in [-0.15, -0.1) is 4.99 Å². The van der Waals surface area contributed by atoms with Crippen molar-refractivity contribution in [2.24, 2.45) is 71.6 Å². The number of nitrogens with one attached hydrogen (secondary N) is 6. The zero-order valence-electron chi connectivity index (χ0n) is 37.9. The number of aliphatic hydroxyl groups is 1. The summed E-state index contributed by atoms with van der Waals surface area (Å²) in [5.41, 5.74) is 49.8. The first-order chi connectivity index (χ1) is 35.1. The highest BCUT2D eigenvalue weighted by atomic mass is 17.2. The van der Waals surface area contributed by atoms with Crippen LogP contribution < -0.4 is 94.3 Å². The molecule has 402 valence electrons. The van der Waals surface area contributed by atoms with Gasteiger partial charge in [-0.1, -0.05) is 30.3 Å². The van der Waals surface area contributed by atoms with Gasteiger partial charge in [0, 0.05) is 17.7 Å². The number of phenols is 1. The lowest BCUT2D eigenvalue weighted by molar-refractivity contribution is -0.393. The minimum atomic E-state index is -2.82. The van der Waals surface area contributed by atoms with Gasteiger partial charge < -0.3 is 99.0 Å². The highest BCUT2D eigenvalue weighted by Crippen LogP contribution is 2.40. The number of non-ortho nitro benzene ring substituents is 1. The number of aliphatic imine (C=N–C) groups is 4. The first-order valence-electron chi connectivity index (χ1n) is 20.0. The van der Waals surface area contributed by atoms with E-state index in [4.69, 9.17) is 62.6 Å². The summed E-state index contributed by atoms with van der Waals surface area (Å²) < 4.78 is 0. The highest BCUT2D eigenvalue weighted by Gasteiger charge is 2.37. The number of nitro groups is 3. The van der Waals surface area contributed by atoms with Gasteiger partial charge in [0.05, 0.1) is 27.4 Å². The predicted octanol–water partition coefficient (Wildman–Crippen LogP) is -7.95. The van der Waals surface area contributed by atoms with Gasteiger partial charge in [0.2, 0.25) is 36.8 Å². The molecule has 0 saturated carbocycles. The van der Waals surface area contributed by atoms with Crippen LogP contribution in [-0.2, 0) is 40.3 Å². The number of nitrogen functional groups attached to an aromatic ring is 1. The minimum Gasteiger partial charge on any atom is -0.505 e. The molecule has 0 aromatic heterocycles. The Morgan fingerprint density at radius 3 is 1.49 bits per heavy atom. The highest BCUT2D eigenvalue weighted by molar-refractivity contribution is 5.99. The van der Waals surface area contributed by atoms with E-state index in [1.165, 1.54) is 30.3 Å². The van der Waals surface area contributed by atoms with E-state index < -0.39 is 163 Å². The third-order valence-corrected chi connectivity index (χ3v) is 9.16. The quantitative estimate of drug-likeness (QED) is 0.00548.